The molecule has 22 heavy (non-hydrogen) atoms. The van der Waals surface area contributed by atoms with Crippen LogP contribution in [0.25, 0.3) is 0 Å². The second-order valence-electron chi connectivity index (χ2n) is 6.26. The minimum absolute atomic E-state index is 0.00235. The van der Waals surface area contributed by atoms with E-state index < -0.39 is 0 Å². The number of Topliss-reactive ketones (excluding diaryl/α,β-unsaturated/α-hetero) is 1. The highest BCUT2D eigenvalue weighted by Crippen LogP contribution is 2.25. The van der Waals surface area contributed by atoms with Gasteiger partial charge in [0.15, 0.2) is 5.78 Å². The summed E-state index contributed by atoms with van der Waals surface area (Å²) in [7, 11) is 0. The number of aryl methyl sites for hydroxylation is 1. The van der Waals surface area contributed by atoms with E-state index in [9.17, 15) is 14.7 Å². The van der Waals surface area contributed by atoms with Gasteiger partial charge in [0, 0.05) is 24.3 Å². The van der Waals surface area contributed by atoms with Crippen molar-refractivity contribution in [3.8, 4) is 0 Å². The summed E-state index contributed by atoms with van der Waals surface area (Å²) in [5.41, 5.74) is 2.81. The Bertz CT molecular complexity index is 567. The van der Waals surface area contributed by atoms with Gasteiger partial charge in [0.25, 0.3) is 5.91 Å². The Morgan fingerprint density at radius 1 is 1.36 bits per heavy atom. The molecule has 2 rings (SSSR count). The van der Waals surface area contributed by atoms with Crippen molar-refractivity contribution < 1.29 is 14.7 Å². The Kier molecular flexibility index (Phi) is 5.06. The summed E-state index contributed by atoms with van der Waals surface area (Å²) in [5, 5.41) is 9.65. The van der Waals surface area contributed by atoms with Crippen LogP contribution in [-0.4, -0.2) is 45.9 Å². The monoisotopic (exact) mass is 306 g/mol. The van der Waals surface area contributed by atoms with Crippen LogP contribution < -0.4 is 0 Å². The smallest absolute Gasteiger partial charge is 0.270 e. The topological polar surface area (TPSA) is 73.4 Å². The van der Waals surface area contributed by atoms with Gasteiger partial charge in [-0.1, -0.05) is 6.92 Å². The lowest BCUT2D eigenvalue weighted by atomic mass is 9.92. The molecule has 0 bridgehead atoms. The summed E-state index contributed by atoms with van der Waals surface area (Å²) in [5.74, 6) is 0.238. The van der Waals surface area contributed by atoms with E-state index in [0.29, 0.717) is 30.8 Å². The molecular weight excluding hydrogens is 280 g/mol. The van der Waals surface area contributed by atoms with Gasteiger partial charge in [-0.15, -0.1) is 0 Å². The molecular formula is C17H26N2O3. The molecule has 1 amide bonds. The number of nitrogens with zero attached hydrogens (tertiary/aromatic N) is 1. The highest BCUT2D eigenvalue weighted by molar-refractivity contribution is 6.02. The van der Waals surface area contributed by atoms with Crippen molar-refractivity contribution in [3.63, 3.8) is 0 Å². The highest BCUT2D eigenvalue weighted by Gasteiger charge is 2.29. The summed E-state index contributed by atoms with van der Waals surface area (Å²) in [6.45, 7) is 8.47. The van der Waals surface area contributed by atoms with Gasteiger partial charge < -0.3 is 15.0 Å². The van der Waals surface area contributed by atoms with E-state index in [1.54, 1.807) is 0 Å². The predicted molar refractivity (Wildman–Crippen MR) is 85.2 cm³/mol. The number of ketones is 1. The zero-order valence-corrected chi connectivity index (χ0v) is 13.9. The molecule has 1 fully saturated rings. The zero-order valence-electron chi connectivity index (χ0n) is 13.9. The third kappa shape index (κ3) is 3.09. The summed E-state index contributed by atoms with van der Waals surface area (Å²) in [6, 6.07) is 0. The maximum absolute atomic E-state index is 12.8. The number of rotatable bonds is 4. The standard InChI is InChI=1S/C17H26N2O3/c1-5-14-15(12(4)21)10(2)18-16(14)17(22)19-8-6-13(7-9-19)11(3)20/h11,13,18,20H,5-9H2,1-4H3. The zero-order chi connectivity index (χ0) is 16.4. The molecule has 5 nitrogen and oxygen atoms in total. The Morgan fingerprint density at radius 2 is 1.95 bits per heavy atom. The van der Waals surface area contributed by atoms with Crippen LogP contribution in [0.4, 0.5) is 0 Å². The van der Waals surface area contributed by atoms with E-state index >= 15 is 0 Å². The number of aromatic amines is 1. The third-order valence-corrected chi connectivity index (χ3v) is 4.72. The molecule has 0 radical (unpaired) electrons. The normalized spacial score (nSPS) is 17.6. The van der Waals surface area contributed by atoms with E-state index in [2.05, 4.69) is 4.98 Å². The summed E-state index contributed by atoms with van der Waals surface area (Å²) in [4.78, 5) is 29.5. The maximum atomic E-state index is 12.8. The van der Waals surface area contributed by atoms with Crippen LogP contribution in [0.2, 0.25) is 0 Å². The van der Waals surface area contributed by atoms with Crippen molar-refractivity contribution in [3.05, 3.63) is 22.5 Å². The Balaban J connectivity index is 2.21. The first-order chi connectivity index (χ1) is 10.4. The fraction of sp³-hybridized carbons (Fsp3) is 0.647. The van der Waals surface area contributed by atoms with Crippen molar-refractivity contribution in [2.75, 3.05) is 13.1 Å². The number of carbonyl (C=O) groups is 2. The lowest BCUT2D eigenvalue weighted by Gasteiger charge is -2.33. The van der Waals surface area contributed by atoms with E-state index in [1.807, 2.05) is 25.7 Å². The first-order valence-electron chi connectivity index (χ1n) is 8.06. The summed E-state index contributed by atoms with van der Waals surface area (Å²) in [6.07, 6.45) is 1.99. The SMILES string of the molecule is CCc1c(C(=O)N2CCC(C(C)O)CC2)[nH]c(C)c1C(C)=O. The van der Waals surface area contributed by atoms with Crippen molar-refractivity contribution in [1.82, 2.24) is 9.88 Å². The second kappa shape index (κ2) is 6.65. The molecule has 2 heterocycles. The number of aromatic nitrogens is 1. The van der Waals surface area contributed by atoms with Gasteiger partial charge in [-0.3, -0.25) is 9.59 Å². The van der Waals surface area contributed by atoms with Crippen LogP contribution in [0.1, 0.15) is 65.7 Å². The van der Waals surface area contributed by atoms with Gasteiger partial charge in [0.05, 0.1) is 6.10 Å². The number of H-pyrrole nitrogens is 1. The quantitative estimate of drug-likeness (QED) is 0.838. The summed E-state index contributed by atoms with van der Waals surface area (Å²) >= 11 is 0. The molecule has 122 valence electrons. The third-order valence-electron chi connectivity index (χ3n) is 4.72. The molecule has 0 spiro atoms. The number of piperidine rings is 1. The summed E-state index contributed by atoms with van der Waals surface area (Å²) < 4.78 is 0. The van der Waals surface area contributed by atoms with Gasteiger partial charge in [-0.05, 0) is 51.5 Å². The number of nitrogens with one attached hydrogen (secondary N) is 1. The average molecular weight is 306 g/mol. The lowest BCUT2D eigenvalue weighted by Crippen LogP contribution is -2.41. The van der Waals surface area contributed by atoms with E-state index in [-0.39, 0.29) is 23.7 Å². The van der Waals surface area contributed by atoms with Gasteiger partial charge in [0.2, 0.25) is 0 Å². The van der Waals surface area contributed by atoms with Gasteiger partial charge in [-0.25, -0.2) is 0 Å². The van der Waals surface area contributed by atoms with Crippen LogP contribution in [0.5, 0.6) is 0 Å². The van der Waals surface area contributed by atoms with Crippen LogP contribution in [0, 0.1) is 12.8 Å². The Labute approximate surface area is 131 Å². The maximum Gasteiger partial charge on any atom is 0.270 e. The van der Waals surface area contributed by atoms with Crippen LogP contribution in [0.3, 0.4) is 0 Å². The number of amides is 1. The number of aliphatic hydroxyl groups excluding tert-OH is 1. The molecule has 5 heteroatoms. The largest absolute Gasteiger partial charge is 0.393 e. The molecule has 1 aliphatic heterocycles. The molecule has 1 atom stereocenters. The van der Waals surface area contributed by atoms with Crippen LogP contribution in [-0.2, 0) is 6.42 Å². The molecule has 1 aromatic rings. The Morgan fingerprint density at radius 3 is 2.41 bits per heavy atom. The molecule has 1 unspecified atom stereocenters. The van der Waals surface area contributed by atoms with E-state index in [1.165, 1.54) is 6.92 Å². The second-order valence-corrected chi connectivity index (χ2v) is 6.26. The van der Waals surface area contributed by atoms with Crippen molar-refractivity contribution in [2.45, 2.75) is 53.1 Å². The minimum atomic E-state index is -0.319. The molecule has 1 aliphatic rings. The number of carbonyl (C=O) groups excluding carboxylic acids is 2. The van der Waals surface area contributed by atoms with E-state index in [0.717, 1.165) is 24.1 Å². The van der Waals surface area contributed by atoms with Crippen molar-refractivity contribution in [2.24, 2.45) is 5.92 Å². The number of hydrogen-bond donors (Lipinski definition) is 2. The molecule has 2 N–H and O–H groups in total. The average Bonchev–Trinajstić information content (AvgIpc) is 2.83. The van der Waals surface area contributed by atoms with Gasteiger partial charge in [0.1, 0.15) is 5.69 Å². The first kappa shape index (κ1) is 16.7. The minimum Gasteiger partial charge on any atom is -0.393 e. The van der Waals surface area contributed by atoms with Crippen LogP contribution in [0.15, 0.2) is 0 Å². The molecule has 1 aromatic heterocycles. The van der Waals surface area contributed by atoms with Crippen LogP contribution >= 0.6 is 0 Å². The molecule has 0 aliphatic carbocycles. The highest BCUT2D eigenvalue weighted by atomic mass is 16.3. The van der Waals surface area contributed by atoms with Gasteiger partial charge >= 0.3 is 0 Å². The number of likely N-dealkylation sites (tertiary alicyclic amines) is 1. The Hall–Kier alpha value is -1.62. The molecule has 0 aromatic carbocycles. The lowest BCUT2D eigenvalue weighted by molar-refractivity contribution is 0.0516. The number of hydrogen-bond acceptors (Lipinski definition) is 3. The first-order valence-corrected chi connectivity index (χ1v) is 8.06. The number of aliphatic hydroxyl groups is 1. The molecule has 0 saturated carbocycles. The molecule has 1 saturated heterocycles. The fourth-order valence-corrected chi connectivity index (χ4v) is 3.43. The fourth-order valence-electron chi connectivity index (χ4n) is 3.43. The van der Waals surface area contributed by atoms with Gasteiger partial charge in [-0.2, -0.15) is 0 Å². The predicted octanol–water partition coefficient (Wildman–Crippen LogP) is 2.32. The van der Waals surface area contributed by atoms with Crippen molar-refractivity contribution >= 4 is 11.7 Å². The van der Waals surface area contributed by atoms with Crippen molar-refractivity contribution in [1.29, 1.82) is 0 Å². The van der Waals surface area contributed by atoms with E-state index in [4.69, 9.17) is 0 Å².